The number of aromatic nitrogens is 2. The lowest BCUT2D eigenvalue weighted by Gasteiger charge is -2.11. The molecule has 0 bridgehead atoms. The lowest BCUT2D eigenvalue weighted by molar-refractivity contribution is 0.102. The topological polar surface area (TPSA) is 93.1 Å². The second kappa shape index (κ2) is 8.06. The number of benzene rings is 2. The highest BCUT2D eigenvalue weighted by Gasteiger charge is 2.18. The molecule has 0 saturated carbocycles. The summed E-state index contributed by atoms with van der Waals surface area (Å²) in [4.78, 5) is 12.6. The molecule has 0 aliphatic carbocycles. The summed E-state index contributed by atoms with van der Waals surface area (Å²) in [5.74, 6) is -0.375. The summed E-state index contributed by atoms with van der Waals surface area (Å²) in [5.41, 5.74) is 2.66. The smallest absolute Gasteiger partial charge is 0.261 e. The van der Waals surface area contributed by atoms with Crippen molar-refractivity contribution in [2.45, 2.75) is 18.7 Å². The number of halogens is 2. The second-order valence-electron chi connectivity index (χ2n) is 6.39. The number of sulfonamides is 1. The first-order valence-corrected chi connectivity index (χ1v) is 10.7. The minimum atomic E-state index is -3.90. The minimum absolute atomic E-state index is 0.0386. The predicted molar refractivity (Wildman–Crippen MR) is 114 cm³/mol. The van der Waals surface area contributed by atoms with Gasteiger partial charge in [0.25, 0.3) is 15.9 Å². The second-order valence-corrected chi connectivity index (χ2v) is 8.88. The molecular formula is C19H18Cl2N4O3S. The molecule has 3 rings (SSSR count). The van der Waals surface area contributed by atoms with E-state index in [1.54, 1.807) is 36.9 Å². The van der Waals surface area contributed by atoms with E-state index in [1.165, 1.54) is 24.3 Å². The van der Waals surface area contributed by atoms with Crippen LogP contribution in [0.4, 0.5) is 11.4 Å². The number of aryl methyl sites for hydroxylation is 2. The van der Waals surface area contributed by atoms with E-state index in [0.717, 1.165) is 5.69 Å². The summed E-state index contributed by atoms with van der Waals surface area (Å²) >= 11 is 11.7. The van der Waals surface area contributed by atoms with Gasteiger partial charge in [-0.15, -0.1) is 0 Å². The highest BCUT2D eigenvalue weighted by molar-refractivity contribution is 7.92. The van der Waals surface area contributed by atoms with Crippen molar-refractivity contribution in [2.24, 2.45) is 7.05 Å². The number of nitrogens with zero attached hydrogens (tertiary/aromatic N) is 2. The maximum Gasteiger partial charge on any atom is 0.261 e. The monoisotopic (exact) mass is 452 g/mol. The number of nitrogens with one attached hydrogen (secondary N) is 2. The predicted octanol–water partition coefficient (Wildman–Crippen LogP) is 4.40. The summed E-state index contributed by atoms with van der Waals surface area (Å²) in [7, 11) is -2.11. The van der Waals surface area contributed by atoms with Gasteiger partial charge in [-0.05, 0) is 50.2 Å². The fraction of sp³-hybridized carbons (Fsp3) is 0.158. The van der Waals surface area contributed by atoms with Gasteiger partial charge in [0.1, 0.15) is 0 Å². The molecule has 3 aromatic rings. The normalized spacial score (nSPS) is 11.3. The van der Waals surface area contributed by atoms with Gasteiger partial charge in [0.15, 0.2) is 0 Å². The van der Waals surface area contributed by atoms with Crippen LogP contribution < -0.4 is 10.0 Å². The number of anilines is 2. The molecule has 1 aromatic heterocycles. The van der Waals surface area contributed by atoms with E-state index in [4.69, 9.17) is 23.2 Å². The van der Waals surface area contributed by atoms with E-state index >= 15 is 0 Å². The molecule has 1 amide bonds. The Kier molecular flexibility index (Phi) is 5.88. The van der Waals surface area contributed by atoms with Crippen LogP contribution in [0.1, 0.15) is 21.7 Å². The van der Waals surface area contributed by atoms with Crippen molar-refractivity contribution in [1.29, 1.82) is 0 Å². The van der Waals surface area contributed by atoms with Crippen LogP contribution >= 0.6 is 23.2 Å². The molecule has 1 heterocycles. The average Bonchev–Trinajstić information content (AvgIpc) is 2.89. The molecule has 0 saturated heterocycles. The van der Waals surface area contributed by atoms with Crippen molar-refractivity contribution in [1.82, 2.24) is 9.78 Å². The van der Waals surface area contributed by atoms with E-state index < -0.39 is 10.0 Å². The van der Waals surface area contributed by atoms with Gasteiger partial charge < -0.3 is 5.32 Å². The van der Waals surface area contributed by atoms with E-state index in [0.29, 0.717) is 16.9 Å². The van der Waals surface area contributed by atoms with Gasteiger partial charge in [0.2, 0.25) is 0 Å². The first-order valence-electron chi connectivity index (χ1n) is 8.48. The Hall–Kier alpha value is -2.55. The van der Waals surface area contributed by atoms with Gasteiger partial charge in [-0.3, -0.25) is 14.2 Å². The fourth-order valence-electron chi connectivity index (χ4n) is 2.72. The van der Waals surface area contributed by atoms with Crippen LogP contribution in [0.3, 0.4) is 0 Å². The SMILES string of the molecule is Cc1nn(C)c(C)c1NC(=O)c1cccc(NS(=O)(=O)c2ccc(Cl)c(Cl)c2)c1. The van der Waals surface area contributed by atoms with Crippen molar-refractivity contribution in [3.05, 3.63) is 69.5 Å². The van der Waals surface area contributed by atoms with E-state index in [9.17, 15) is 13.2 Å². The van der Waals surface area contributed by atoms with Crippen LogP contribution in [-0.2, 0) is 17.1 Å². The molecule has 0 aliphatic heterocycles. The Bertz CT molecular complexity index is 1210. The van der Waals surface area contributed by atoms with Crippen molar-refractivity contribution >= 4 is 50.5 Å². The molecule has 0 spiro atoms. The summed E-state index contributed by atoms with van der Waals surface area (Å²) in [6.07, 6.45) is 0. The number of hydrogen-bond acceptors (Lipinski definition) is 4. The van der Waals surface area contributed by atoms with Crippen LogP contribution in [0.25, 0.3) is 0 Å². The van der Waals surface area contributed by atoms with Gasteiger partial charge in [0.05, 0.1) is 32.0 Å². The number of hydrogen-bond donors (Lipinski definition) is 2. The van der Waals surface area contributed by atoms with Crippen molar-refractivity contribution in [2.75, 3.05) is 10.0 Å². The molecular weight excluding hydrogens is 435 g/mol. The zero-order valence-corrected chi connectivity index (χ0v) is 18.2. The highest BCUT2D eigenvalue weighted by Crippen LogP contribution is 2.26. The molecule has 10 heteroatoms. The quantitative estimate of drug-likeness (QED) is 0.599. The third kappa shape index (κ3) is 4.55. The van der Waals surface area contributed by atoms with E-state index in [-0.39, 0.29) is 26.5 Å². The molecule has 7 nitrogen and oxygen atoms in total. The van der Waals surface area contributed by atoms with E-state index in [2.05, 4.69) is 15.1 Å². The third-order valence-electron chi connectivity index (χ3n) is 4.33. The number of rotatable bonds is 5. The van der Waals surface area contributed by atoms with Gasteiger partial charge in [-0.2, -0.15) is 5.10 Å². The summed E-state index contributed by atoms with van der Waals surface area (Å²) < 4.78 is 29.3. The Balaban J connectivity index is 1.83. The molecule has 152 valence electrons. The van der Waals surface area contributed by atoms with Crippen molar-refractivity contribution < 1.29 is 13.2 Å². The molecule has 0 aliphatic rings. The summed E-state index contributed by atoms with van der Waals surface area (Å²) in [6, 6.07) is 10.2. The molecule has 29 heavy (non-hydrogen) atoms. The van der Waals surface area contributed by atoms with Crippen LogP contribution in [0.5, 0.6) is 0 Å². The Morgan fingerprint density at radius 2 is 1.79 bits per heavy atom. The van der Waals surface area contributed by atoms with Crippen LogP contribution in [0.2, 0.25) is 10.0 Å². The Morgan fingerprint density at radius 1 is 1.07 bits per heavy atom. The van der Waals surface area contributed by atoms with Crippen molar-refractivity contribution in [3.63, 3.8) is 0 Å². The first kappa shape index (κ1) is 21.2. The molecule has 0 fully saturated rings. The van der Waals surface area contributed by atoms with Crippen LogP contribution in [0.15, 0.2) is 47.4 Å². The lowest BCUT2D eigenvalue weighted by Crippen LogP contribution is -2.15. The van der Waals surface area contributed by atoms with Crippen molar-refractivity contribution in [3.8, 4) is 0 Å². The fourth-order valence-corrected chi connectivity index (χ4v) is 4.16. The zero-order chi connectivity index (χ0) is 21.3. The molecule has 0 radical (unpaired) electrons. The van der Waals surface area contributed by atoms with Crippen LogP contribution in [0, 0.1) is 13.8 Å². The summed E-state index contributed by atoms with van der Waals surface area (Å²) in [5, 5.41) is 7.46. The molecule has 2 N–H and O–H groups in total. The average molecular weight is 453 g/mol. The van der Waals surface area contributed by atoms with E-state index in [1.807, 2.05) is 6.92 Å². The largest absolute Gasteiger partial charge is 0.319 e. The number of carbonyl (C=O) groups excluding carboxylic acids is 1. The zero-order valence-electron chi connectivity index (χ0n) is 15.8. The maximum atomic E-state index is 12.6. The lowest BCUT2D eigenvalue weighted by atomic mass is 10.2. The number of carbonyl (C=O) groups is 1. The standard InChI is InChI=1S/C19H18Cl2N4O3S/c1-11-18(12(2)25(3)23-11)22-19(26)13-5-4-6-14(9-13)24-29(27,28)15-7-8-16(20)17(21)10-15/h4-10,24H,1-3H3,(H,22,26). The first-order chi connectivity index (χ1) is 13.6. The minimum Gasteiger partial charge on any atom is -0.319 e. The molecule has 0 unspecified atom stereocenters. The van der Waals surface area contributed by atoms with Gasteiger partial charge in [0, 0.05) is 18.3 Å². The Labute approximate surface area is 178 Å². The Morgan fingerprint density at radius 3 is 2.41 bits per heavy atom. The maximum absolute atomic E-state index is 12.6. The highest BCUT2D eigenvalue weighted by atomic mass is 35.5. The van der Waals surface area contributed by atoms with Crippen LogP contribution in [-0.4, -0.2) is 24.1 Å². The van der Waals surface area contributed by atoms with Gasteiger partial charge in [-0.25, -0.2) is 8.42 Å². The summed E-state index contributed by atoms with van der Waals surface area (Å²) in [6.45, 7) is 3.64. The third-order valence-corrected chi connectivity index (χ3v) is 6.44. The van der Waals surface area contributed by atoms with Gasteiger partial charge >= 0.3 is 0 Å². The number of amides is 1. The molecule has 2 aromatic carbocycles. The molecule has 0 atom stereocenters. The van der Waals surface area contributed by atoms with Gasteiger partial charge in [-0.1, -0.05) is 29.3 Å².